The van der Waals surface area contributed by atoms with Crippen LogP contribution in [-0.2, 0) is 0 Å². The minimum atomic E-state index is 1.21. The Morgan fingerprint density at radius 3 is 1.64 bits per heavy atom. The number of hydrogen-bond acceptors (Lipinski definition) is 0. The first kappa shape index (κ1) is 15.4. The quantitative estimate of drug-likeness (QED) is 0.396. The molecule has 4 aromatic carbocycles. The van der Waals surface area contributed by atoms with Crippen molar-refractivity contribution in [2.75, 3.05) is 0 Å². The van der Waals surface area contributed by atoms with Crippen LogP contribution in [0.1, 0.15) is 11.1 Å². The molecule has 4 rings (SSSR count). The van der Waals surface area contributed by atoms with E-state index in [0.717, 1.165) is 0 Å². The highest BCUT2D eigenvalue weighted by Gasteiger charge is 2.12. The normalized spacial score (nSPS) is 10.6. The van der Waals surface area contributed by atoms with E-state index < -0.39 is 0 Å². The van der Waals surface area contributed by atoms with Gasteiger partial charge in [0.1, 0.15) is 0 Å². The van der Waals surface area contributed by atoms with Crippen molar-refractivity contribution in [3.05, 3.63) is 127 Å². The first-order valence-electron chi connectivity index (χ1n) is 8.55. The molecule has 0 fully saturated rings. The Labute approximate surface area is 149 Å². The molecule has 119 valence electrons. The second-order valence-corrected chi connectivity index (χ2v) is 6.06. The summed E-state index contributed by atoms with van der Waals surface area (Å²) in [6.45, 7) is 0. The van der Waals surface area contributed by atoms with Gasteiger partial charge in [0.2, 0.25) is 0 Å². The lowest BCUT2D eigenvalue weighted by atomic mass is 9.88. The van der Waals surface area contributed by atoms with Gasteiger partial charge in [-0.25, -0.2) is 0 Å². The molecule has 0 nitrogen and oxygen atoms in total. The van der Waals surface area contributed by atoms with Crippen molar-refractivity contribution in [2.45, 2.75) is 0 Å². The van der Waals surface area contributed by atoms with Crippen molar-refractivity contribution in [3.8, 4) is 22.3 Å². The molecule has 0 aromatic heterocycles. The fourth-order valence-electron chi connectivity index (χ4n) is 3.20. The van der Waals surface area contributed by atoms with E-state index in [1.165, 1.54) is 33.4 Å². The van der Waals surface area contributed by atoms with Crippen molar-refractivity contribution < 1.29 is 0 Å². The highest BCUT2D eigenvalue weighted by atomic mass is 14.2. The summed E-state index contributed by atoms with van der Waals surface area (Å²) < 4.78 is 0. The Bertz CT molecular complexity index is 939. The van der Waals surface area contributed by atoms with Crippen LogP contribution < -0.4 is 0 Å². The lowest BCUT2D eigenvalue weighted by Crippen LogP contribution is -1.93. The topological polar surface area (TPSA) is 0 Å². The fraction of sp³-hybridized carbons (Fsp3) is 0. The van der Waals surface area contributed by atoms with E-state index in [9.17, 15) is 0 Å². The van der Waals surface area contributed by atoms with Gasteiger partial charge >= 0.3 is 0 Å². The molecule has 4 aromatic rings. The molecular formula is C25H19. The minimum absolute atomic E-state index is 1.21. The lowest BCUT2D eigenvalue weighted by molar-refractivity contribution is 1.42. The van der Waals surface area contributed by atoms with Gasteiger partial charge in [-0.3, -0.25) is 0 Å². The third-order valence-corrected chi connectivity index (χ3v) is 4.37. The predicted octanol–water partition coefficient (Wildman–Crippen LogP) is 6.62. The Morgan fingerprint density at radius 2 is 1.00 bits per heavy atom. The minimum Gasteiger partial charge on any atom is -0.0622 e. The molecule has 25 heavy (non-hydrogen) atoms. The fourth-order valence-corrected chi connectivity index (χ4v) is 3.20. The van der Waals surface area contributed by atoms with Crippen LogP contribution in [-0.4, -0.2) is 0 Å². The maximum atomic E-state index is 2.26. The van der Waals surface area contributed by atoms with Gasteiger partial charge in [0, 0.05) is 6.42 Å². The van der Waals surface area contributed by atoms with E-state index in [0.29, 0.717) is 0 Å². The summed E-state index contributed by atoms with van der Waals surface area (Å²) in [7, 11) is 0. The molecule has 0 heterocycles. The first-order valence-corrected chi connectivity index (χ1v) is 8.55. The number of hydrogen-bond donors (Lipinski definition) is 0. The van der Waals surface area contributed by atoms with Crippen LogP contribution in [0.3, 0.4) is 0 Å². The van der Waals surface area contributed by atoms with Crippen molar-refractivity contribution in [2.24, 2.45) is 0 Å². The van der Waals surface area contributed by atoms with Crippen LogP contribution in [0.15, 0.2) is 109 Å². The Kier molecular flexibility index (Phi) is 4.43. The average Bonchev–Trinajstić information content (AvgIpc) is 2.70. The largest absolute Gasteiger partial charge is 0.0622 e. The van der Waals surface area contributed by atoms with Crippen LogP contribution in [0, 0.1) is 6.42 Å². The zero-order valence-corrected chi connectivity index (χ0v) is 14.0. The van der Waals surface area contributed by atoms with Crippen LogP contribution >= 0.6 is 0 Å². The zero-order valence-electron chi connectivity index (χ0n) is 14.0. The molecule has 0 saturated heterocycles. The lowest BCUT2D eigenvalue weighted by Gasteiger charge is -2.16. The van der Waals surface area contributed by atoms with Crippen molar-refractivity contribution >= 4 is 0 Å². The van der Waals surface area contributed by atoms with Crippen molar-refractivity contribution in [3.63, 3.8) is 0 Å². The van der Waals surface area contributed by atoms with Gasteiger partial charge < -0.3 is 0 Å². The van der Waals surface area contributed by atoms with Crippen molar-refractivity contribution in [1.82, 2.24) is 0 Å². The predicted molar refractivity (Wildman–Crippen MR) is 106 cm³/mol. The van der Waals surface area contributed by atoms with E-state index in [2.05, 4.69) is 116 Å². The molecule has 0 aliphatic carbocycles. The molecule has 0 amide bonds. The van der Waals surface area contributed by atoms with E-state index >= 15 is 0 Å². The first-order chi connectivity index (χ1) is 12.4. The highest BCUT2D eigenvalue weighted by Crippen LogP contribution is 2.36. The SMILES string of the molecule is [CH](c1ccccc1)c1cccc(-c2ccccc2)c1-c1ccccc1. The molecule has 0 saturated carbocycles. The number of rotatable bonds is 4. The van der Waals surface area contributed by atoms with Crippen LogP contribution in [0.2, 0.25) is 0 Å². The third-order valence-electron chi connectivity index (χ3n) is 4.37. The summed E-state index contributed by atoms with van der Waals surface area (Å²) in [5.74, 6) is 0. The average molecular weight is 319 g/mol. The number of benzene rings is 4. The second-order valence-electron chi connectivity index (χ2n) is 6.06. The van der Waals surface area contributed by atoms with Gasteiger partial charge in [-0.2, -0.15) is 0 Å². The summed E-state index contributed by atoms with van der Waals surface area (Å²) in [4.78, 5) is 0. The molecule has 0 spiro atoms. The second kappa shape index (κ2) is 7.19. The van der Waals surface area contributed by atoms with Gasteiger partial charge in [0.05, 0.1) is 0 Å². The maximum Gasteiger partial charge on any atom is 0.0205 e. The Balaban J connectivity index is 1.89. The smallest absolute Gasteiger partial charge is 0.0205 e. The molecule has 1 radical (unpaired) electrons. The van der Waals surface area contributed by atoms with Gasteiger partial charge in [0.15, 0.2) is 0 Å². The standard InChI is InChI=1S/C25H19/c1-4-11-20(12-5-1)19-23-17-10-18-24(21-13-6-2-7-14-21)25(23)22-15-8-3-9-16-22/h1-19H. The molecule has 0 atom stereocenters. The third kappa shape index (κ3) is 3.39. The highest BCUT2D eigenvalue weighted by molar-refractivity contribution is 5.87. The van der Waals surface area contributed by atoms with E-state index in [-0.39, 0.29) is 0 Å². The van der Waals surface area contributed by atoms with Crippen LogP contribution in [0.4, 0.5) is 0 Å². The summed E-state index contributed by atoms with van der Waals surface area (Å²) >= 11 is 0. The van der Waals surface area contributed by atoms with E-state index in [1.807, 2.05) is 0 Å². The molecule has 0 N–H and O–H groups in total. The van der Waals surface area contributed by atoms with Gasteiger partial charge in [0.25, 0.3) is 0 Å². The zero-order chi connectivity index (χ0) is 16.9. The summed E-state index contributed by atoms with van der Waals surface area (Å²) in [5.41, 5.74) is 7.46. The maximum absolute atomic E-state index is 2.26. The molecule has 0 bridgehead atoms. The molecule has 0 unspecified atom stereocenters. The summed E-state index contributed by atoms with van der Waals surface area (Å²) in [5, 5.41) is 0. The molecular weight excluding hydrogens is 300 g/mol. The molecule has 0 aliphatic heterocycles. The Hall–Kier alpha value is -3.12. The van der Waals surface area contributed by atoms with Gasteiger partial charge in [-0.05, 0) is 33.4 Å². The molecule has 0 aliphatic rings. The Morgan fingerprint density at radius 1 is 0.440 bits per heavy atom. The molecule has 0 heteroatoms. The van der Waals surface area contributed by atoms with E-state index in [4.69, 9.17) is 0 Å². The summed E-state index contributed by atoms with van der Waals surface area (Å²) in [6.07, 6.45) is 2.26. The van der Waals surface area contributed by atoms with Crippen LogP contribution in [0.25, 0.3) is 22.3 Å². The van der Waals surface area contributed by atoms with E-state index in [1.54, 1.807) is 0 Å². The van der Waals surface area contributed by atoms with Gasteiger partial charge in [-0.15, -0.1) is 0 Å². The summed E-state index contributed by atoms with van der Waals surface area (Å²) in [6, 6.07) is 38.3. The van der Waals surface area contributed by atoms with Crippen molar-refractivity contribution in [1.29, 1.82) is 0 Å². The van der Waals surface area contributed by atoms with Gasteiger partial charge in [-0.1, -0.05) is 109 Å². The van der Waals surface area contributed by atoms with Crippen LogP contribution in [0.5, 0.6) is 0 Å². The monoisotopic (exact) mass is 319 g/mol.